The highest BCUT2D eigenvalue weighted by Gasteiger charge is 2.21. The first-order valence-corrected chi connectivity index (χ1v) is 7.70. The Labute approximate surface area is 130 Å². The van der Waals surface area contributed by atoms with Crippen LogP contribution in [0.4, 0.5) is 4.39 Å². The van der Waals surface area contributed by atoms with Gasteiger partial charge in [-0.2, -0.15) is 0 Å². The van der Waals surface area contributed by atoms with E-state index in [0.717, 1.165) is 25.7 Å². The highest BCUT2D eigenvalue weighted by molar-refractivity contribution is 6.30. The quantitative estimate of drug-likeness (QED) is 0.824. The first-order valence-electron chi connectivity index (χ1n) is 7.33. The van der Waals surface area contributed by atoms with Gasteiger partial charge < -0.3 is 5.32 Å². The summed E-state index contributed by atoms with van der Waals surface area (Å²) in [7, 11) is 0. The van der Waals surface area contributed by atoms with Crippen LogP contribution in [-0.4, -0.2) is 18.4 Å². The third kappa shape index (κ3) is 4.39. The summed E-state index contributed by atoms with van der Waals surface area (Å²) < 4.78 is 13.6. The number of ketones is 1. The van der Waals surface area contributed by atoms with E-state index in [2.05, 4.69) is 11.9 Å². The molecule has 2 rings (SSSR count). The predicted octanol–water partition coefficient (Wildman–Crippen LogP) is 4.24. The zero-order chi connectivity index (χ0) is 15.4. The Morgan fingerprint density at radius 1 is 1.48 bits per heavy atom. The lowest BCUT2D eigenvalue weighted by atomic mass is 9.90. The first kappa shape index (κ1) is 16.2. The molecule has 1 fully saturated rings. The van der Waals surface area contributed by atoms with Gasteiger partial charge in [0.15, 0.2) is 0 Å². The number of halogens is 2. The van der Waals surface area contributed by atoms with Crippen molar-refractivity contribution in [3.05, 3.63) is 46.8 Å². The molecule has 0 bridgehead atoms. The summed E-state index contributed by atoms with van der Waals surface area (Å²) in [5, 5.41) is 3.52. The van der Waals surface area contributed by atoms with E-state index in [1.54, 1.807) is 13.0 Å². The van der Waals surface area contributed by atoms with Gasteiger partial charge in [-0.15, -0.1) is 0 Å². The van der Waals surface area contributed by atoms with Crippen molar-refractivity contribution in [3.63, 3.8) is 0 Å². The third-order valence-corrected chi connectivity index (χ3v) is 4.45. The van der Waals surface area contributed by atoms with Crippen LogP contribution >= 0.6 is 11.6 Å². The fourth-order valence-electron chi connectivity index (χ4n) is 2.74. The van der Waals surface area contributed by atoms with Crippen LogP contribution in [0.3, 0.4) is 0 Å². The fraction of sp³-hybridized carbons (Fsp3) is 0.471. The third-order valence-electron chi connectivity index (χ3n) is 4.14. The fourth-order valence-corrected chi connectivity index (χ4v) is 2.86. The Kier molecular flexibility index (Phi) is 5.54. The summed E-state index contributed by atoms with van der Waals surface area (Å²) in [5.41, 5.74) is 1.98. The molecule has 21 heavy (non-hydrogen) atoms. The van der Waals surface area contributed by atoms with Crippen LogP contribution in [0.25, 0.3) is 0 Å². The van der Waals surface area contributed by atoms with E-state index in [1.165, 1.54) is 17.7 Å². The molecule has 2 nitrogen and oxygen atoms in total. The van der Waals surface area contributed by atoms with Gasteiger partial charge in [0.2, 0.25) is 0 Å². The van der Waals surface area contributed by atoms with Crippen molar-refractivity contribution in [2.24, 2.45) is 0 Å². The molecule has 0 aliphatic heterocycles. The molecular formula is C17H21ClFNO. The Hall–Kier alpha value is -1.19. The molecule has 0 spiro atoms. The van der Waals surface area contributed by atoms with Crippen LogP contribution < -0.4 is 5.32 Å². The monoisotopic (exact) mass is 309 g/mol. The lowest BCUT2D eigenvalue weighted by Crippen LogP contribution is -2.36. The number of benzene rings is 1. The number of rotatable bonds is 5. The van der Waals surface area contributed by atoms with E-state index >= 15 is 0 Å². The highest BCUT2D eigenvalue weighted by atomic mass is 35.5. The number of allylic oxidation sites excluding steroid dienone is 1. The summed E-state index contributed by atoms with van der Waals surface area (Å²) >= 11 is 5.69. The Balaban J connectivity index is 2.00. The van der Waals surface area contributed by atoms with E-state index < -0.39 is 5.82 Å². The van der Waals surface area contributed by atoms with Gasteiger partial charge in [-0.3, -0.25) is 4.79 Å². The van der Waals surface area contributed by atoms with Gasteiger partial charge in [-0.05, 0) is 50.3 Å². The largest absolute Gasteiger partial charge is 0.313 e. The molecule has 1 atom stereocenters. The van der Waals surface area contributed by atoms with Crippen LogP contribution in [0, 0.1) is 5.82 Å². The van der Waals surface area contributed by atoms with Crippen molar-refractivity contribution < 1.29 is 9.18 Å². The maximum atomic E-state index is 13.6. The van der Waals surface area contributed by atoms with E-state index in [1.807, 2.05) is 0 Å². The molecule has 0 unspecified atom stereocenters. The zero-order valence-corrected chi connectivity index (χ0v) is 13.0. The average molecular weight is 310 g/mol. The van der Waals surface area contributed by atoms with Gasteiger partial charge in [0, 0.05) is 12.6 Å². The van der Waals surface area contributed by atoms with E-state index in [9.17, 15) is 9.18 Å². The number of carbonyl (C=O) groups is 1. The van der Waals surface area contributed by atoms with Crippen LogP contribution in [0.1, 0.15) is 44.1 Å². The second-order valence-electron chi connectivity index (χ2n) is 5.77. The van der Waals surface area contributed by atoms with Crippen LogP contribution in [0.15, 0.2) is 30.4 Å². The maximum absolute atomic E-state index is 13.6. The number of carbonyl (C=O) groups excluding carboxylic acids is 1. The Bertz CT molecular complexity index is 534. The molecule has 0 saturated heterocycles. The van der Waals surface area contributed by atoms with Gasteiger partial charge >= 0.3 is 0 Å². The smallest absolute Gasteiger partial charge is 0.142 e. The lowest BCUT2D eigenvalue weighted by molar-refractivity contribution is -0.118. The van der Waals surface area contributed by atoms with E-state index in [4.69, 9.17) is 11.6 Å². The van der Waals surface area contributed by atoms with Crippen LogP contribution in [-0.2, 0) is 4.79 Å². The van der Waals surface area contributed by atoms with Gasteiger partial charge in [-0.25, -0.2) is 4.39 Å². The van der Waals surface area contributed by atoms with Crippen LogP contribution in [0.2, 0.25) is 5.02 Å². The molecule has 1 aliphatic carbocycles. The topological polar surface area (TPSA) is 29.1 Å². The molecule has 1 N–H and O–H groups in total. The standard InChI is InChI=1S/C17H21ClFNO/c1-11-3-6-14(7-4-11)20-10-15(12(2)21)13-5-8-16(18)17(19)9-13/h5,8-9,14-15,20H,1,3-4,6-7,10H2,2H3/t15-/m0/s1. The second-order valence-corrected chi connectivity index (χ2v) is 6.18. The number of hydrogen-bond donors (Lipinski definition) is 1. The molecule has 1 aromatic carbocycles. The number of nitrogens with one attached hydrogen (secondary N) is 1. The van der Waals surface area contributed by atoms with Crippen molar-refractivity contribution in [1.82, 2.24) is 5.32 Å². The Morgan fingerprint density at radius 3 is 2.71 bits per heavy atom. The molecule has 0 aromatic heterocycles. The average Bonchev–Trinajstić information content (AvgIpc) is 2.44. The minimum atomic E-state index is -0.477. The van der Waals surface area contributed by atoms with Gasteiger partial charge in [0.25, 0.3) is 0 Å². The Morgan fingerprint density at radius 2 is 2.14 bits per heavy atom. The van der Waals surface area contributed by atoms with E-state index in [0.29, 0.717) is 18.2 Å². The van der Waals surface area contributed by atoms with Crippen LogP contribution in [0.5, 0.6) is 0 Å². The lowest BCUT2D eigenvalue weighted by Gasteiger charge is -2.26. The summed E-state index contributed by atoms with van der Waals surface area (Å²) in [6.45, 7) is 6.08. The zero-order valence-electron chi connectivity index (χ0n) is 12.3. The maximum Gasteiger partial charge on any atom is 0.142 e. The summed E-state index contributed by atoms with van der Waals surface area (Å²) in [6, 6.07) is 5.00. The molecule has 114 valence electrons. The summed E-state index contributed by atoms with van der Waals surface area (Å²) in [5.74, 6) is -0.777. The molecule has 0 heterocycles. The summed E-state index contributed by atoms with van der Waals surface area (Å²) in [6.07, 6.45) is 4.19. The minimum Gasteiger partial charge on any atom is -0.313 e. The van der Waals surface area contributed by atoms with E-state index in [-0.39, 0.29) is 16.7 Å². The van der Waals surface area contributed by atoms with Crippen molar-refractivity contribution >= 4 is 17.4 Å². The highest BCUT2D eigenvalue weighted by Crippen LogP contribution is 2.25. The van der Waals surface area contributed by atoms with Gasteiger partial charge in [-0.1, -0.05) is 29.8 Å². The minimum absolute atomic E-state index is 0.0319. The molecule has 0 radical (unpaired) electrons. The van der Waals surface area contributed by atoms with Gasteiger partial charge in [0.1, 0.15) is 11.6 Å². The van der Waals surface area contributed by atoms with Crippen molar-refractivity contribution in [3.8, 4) is 0 Å². The molecule has 1 saturated carbocycles. The molecule has 4 heteroatoms. The molecule has 1 aliphatic rings. The molecule has 0 amide bonds. The second kappa shape index (κ2) is 7.19. The first-order chi connectivity index (χ1) is 9.97. The molecular weight excluding hydrogens is 289 g/mol. The van der Waals surface area contributed by atoms with Gasteiger partial charge in [0.05, 0.1) is 10.9 Å². The summed E-state index contributed by atoms with van der Waals surface area (Å²) in [4.78, 5) is 11.9. The van der Waals surface area contributed by atoms with Crippen molar-refractivity contribution in [2.75, 3.05) is 6.54 Å². The predicted molar refractivity (Wildman–Crippen MR) is 84.2 cm³/mol. The number of hydrogen-bond acceptors (Lipinski definition) is 2. The SMILES string of the molecule is C=C1CCC(NC[C@@H](C(C)=O)c2ccc(Cl)c(F)c2)CC1. The number of Topliss-reactive ketones (excluding diaryl/α,β-unsaturated/α-hetero) is 1. The van der Waals surface area contributed by atoms with Crippen molar-refractivity contribution in [1.29, 1.82) is 0 Å². The van der Waals surface area contributed by atoms with Crippen molar-refractivity contribution in [2.45, 2.75) is 44.6 Å². The molecule has 1 aromatic rings. The normalized spacial score (nSPS) is 17.8.